The van der Waals surface area contributed by atoms with Gasteiger partial charge in [-0.05, 0) is 31.4 Å². The minimum absolute atomic E-state index is 0.118. The molecule has 0 atom stereocenters. The molecule has 1 aromatic carbocycles. The normalized spacial score (nSPS) is 10.8. The minimum atomic E-state index is -0.594. The van der Waals surface area contributed by atoms with Gasteiger partial charge in [0.25, 0.3) is 0 Å². The van der Waals surface area contributed by atoms with Crippen LogP contribution in [0.4, 0.5) is 10.1 Å². The lowest BCUT2D eigenvalue weighted by molar-refractivity contribution is 0.0303. The van der Waals surface area contributed by atoms with Crippen molar-refractivity contribution in [2.24, 2.45) is 5.92 Å². The van der Waals surface area contributed by atoms with E-state index in [1.807, 2.05) is 0 Å². The SMILES string of the molecule is Cc1c(N)cc(C(=O)OCCOCCC(C)C)cc1F. The van der Waals surface area contributed by atoms with Gasteiger partial charge in [0, 0.05) is 17.9 Å². The second-order valence-corrected chi connectivity index (χ2v) is 5.10. The first-order valence-corrected chi connectivity index (χ1v) is 6.72. The molecule has 0 radical (unpaired) electrons. The van der Waals surface area contributed by atoms with E-state index in [4.69, 9.17) is 15.2 Å². The van der Waals surface area contributed by atoms with E-state index < -0.39 is 11.8 Å². The van der Waals surface area contributed by atoms with Gasteiger partial charge in [-0.25, -0.2) is 9.18 Å². The summed E-state index contributed by atoms with van der Waals surface area (Å²) in [5.74, 6) is -0.524. The number of nitrogen functional groups attached to an aromatic ring is 1. The number of carbonyl (C=O) groups excluding carboxylic acids is 1. The smallest absolute Gasteiger partial charge is 0.338 e. The van der Waals surface area contributed by atoms with Crippen LogP contribution in [-0.4, -0.2) is 25.8 Å². The number of nitrogens with two attached hydrogens (primary N) is 1. The average Bonchev–Trinajstić information content (AvgIpc) is 2.38. The summed E-state index contributed by atoms with van der Waals surface area (Å²) < 4.78 is 23.8. The summed E-state index contributed by atoms with van der Waals surface area (Å²) in [6, 6.07) is 2.55. The third-order valence-corrected chi connectivity index (χ3v) is 2.92. The summed E-state index contributed by atoms with van der Waals surface area (Å²) in [6.07, 6.45) is 0.966. The van der Waals surface area contributed by atoms with Crippen LogP contribution in [-0.2, 0) is 9.47 Å². The molecule has 0 fully saturated rings. The highest BCUT2D eigenvalue weighted by atomic mass is 19.1. The molecule has 0 aliphatic carbocycles. The molecule has 0 aliphatic heterocycles. The first-order chi connectivity index (χ1) is 9.41. The molecule has 0 saturated carbocycles. The zero-order valence-electron chi connectivity index (χ0n) is 12.2. The van der Waals surface area contributed by atoms with Gasteiger partial charge in [0.2, 0.25) is 0 Å². The Balaban J connectivity index is 2.36. The van der Waals surface area contributed by atoms with E-state index in [1.165, 1.54) is 6.07 Å². The van der Waals surface area contributed by atoms with Gasteiger partial charge in [-0.1, -0.05) is 13.8 Å². The van der Waals surface area contributed by atoms with Crippen LogP contribution >= 0.6 is 0 Å². The Morgan fingerprint density at radius 1 is 1.30 bits per heavy atom. The molecule has 0 aromatic heterocycles. The molecular formula is C15H22FNO3. The van der Waals surface area contributed by atoms with E-state index in [0.29, 0.717) is 24.7 Å². The lowest BCUT2D eigenvalue weighted by atomic mass is 10.1. The van der Waals surface area contributed by atoms with Gasteiger partial charge in [-0.3, -0.25) is 0 Å². The van der Waals surface area contributed by atoms with E-state index in [1.54, 1.807) is 6.92 Å². The van der Waals surface area contributed by atoms with Crippen molar-refractivity contribution in [2.75, 3.05) is 25.6 Å². The number of halogens is 1. The van der Waals surface area contributed by atoms with Gasteiger partial charge in [0.05, 0.1) is 12.2 Å². The summed E-state index contributed by atoms with van der Waals surface area (Å²) in [7, 11) is 0. The molecule has 0 heterocycles. The molecule has 112 valence electrons. The Hall–Kier alpha value is -1.62. The highest BCUT2D eigenvalue weighted by molar-refractivity contribution is 5.90. The van der Waals surface area contributed by atoms with Crippen molar-refractivity contribution in [3.05, 3.63) is 29.1 Å². The number of carbonyl (C=O) groups is 1. The molecule has 0 unspecified atom stereocenters. The number of esters is 1. The molecule has 0 amide bonds. The van der Waals surface area contributed by atoms with E-state index in [2.05, 4.69) is 13.8 Å². The molecule has 0 spiro atoms. The number of benzene rings is 1. The molecule has 1 aromatic rings. The summed E-state index contributed by atoms with van der Waals surface area (Å²) in [5.41, 5.74) is 6.30. The maximum atomic E-state index is 13.5. The van der Waals surface area contributed by atoms with Gasteiger partial charge in [-0.15, -0.1) is 0 Å². The highest BCUT2D eigenvalue weighted by Gasteiger charge is 2.12. The van der Waals surface area contributed by atoms with Crippen LogP contribution in [0.3, 0.4) is 0 Å². The maximum absolute atomic E-state index is 13.5. The largest absolute Gasteiger partial charge is 0.460 e. The zero-order chi connectivity index (χ0) is 15.1. The molecule has 1 rings (SSSR count). The molecule has 0 bridgehead atoms. The number of rotatable bonds is 7. The molecule has 2 N–H and O–H groups in total. The van der Waals surface area contributed by atoms with Crippen LogP contribution in [0.25, 0.3) is 0 Å². The van der Waals surface area contributed by atoms with E-state index in [-0.39, 0.29) is 17.9 Å². The summed E-state index contributed by atoms with van der Waals surface area (Å²) in [4.78, 5) is 11.7. The fourth-order valence-corrected chi connectivity index (χ4v) is 1.52. The lowest BCUT2D eigenvalue weighted by Gasteiger charge is -2.09. The van der Waals surface area contributed by atoms with Crippen LogP contribution in [0.15, 0.2) is 12.1 Å². The number of hydrogen-bond donors (Lipinski definition) is 1. The Labute approximate surface area is 119 Å². The van der Waals surface area contributed by atoms with Crippen molar-refractivity contribution in [3.8, 4) is 0 Å². The van der Waals surface area contributed by atoms with Crippen molar-refractivity contribution in [3.63, 3.8) is 0 Å². The summed E-state index contributed by atoms with van der Waals surface area (Å²) in [5, 5.41) is 0. The van der Waals surface area contributed by atoms with Crippen molar-refractivity contribution < 1.29 is 18.7 Å². The predicted molar refractivity (Wildman–Crippen MR) is 76.1 cm³/mol. The molecule has 0 saturated heterocycles. The van der Waals surface area contributed by atoms with Gasteiger partial charge in [-0.2, -0.15) is 0 Å². The Kier molecular flexibility index (Phi) is 6.45. The maximum Gasteiger partial charge on any atom is 0.338 e. The monoisotopic (exact) mass is 283 g/mol. The first kappa shape index (κ1) is 16.4. The standard InChI is InChI=1S/C15H22FNO3/c1-10(2)4-5-19-6-7-20-15(18)12-8-13(16)11(3)14(17)9-12/h8-10H,4-7,17H2,1-3H3. The van der Waals surface area contributed by atoms with Crippen molar-refractivity contribution in [1.82, 2.24) is 0 Å². The minimum Gasteiger partial charge on any atom is -0.460 e. The third-order valence-electron chi connectivity index (χ3n) is 2.92. The van der Waals surface area contributed by atoms with E-state index in [9.17, 15) is 9.18 Å². The second-order valence-electron chi connectivity index (χ2n) is 5.10. The fraction of sp³-hybridized carbons (Fsp3) is 0.533. The molecular weight excluding hydrogens is 261 g/mol. The van der Waals surface area contributed by atoms with Crippen molar-refractivity contribution in [1.29, 1.82) is 0 Å². The summed E-state index contributed by atoms with van der Waals surface area (Å²) in [6.45, 7) is 6.90. The first-order valence-electron chi connectivity index (χ1n) is 6.72. The fourth-order valence-electron chi connectivity index (χ4n) is 1.52. The van der Waals surface area contributed by atoms with Crippen LogP contribution in [0, 0.1) is 18.7 Å². The Bertz CT molecular complexity index is 437. The highest BCUT2D eigenvalue weighted by Crippen LogP contribution is 2.18. The Morgan fingerprint density at radius 2 is 2.00 bits per heavy atom. The van der Waals surface area contributed by atoms with E-state index >= 15 is 0 Å². The van der Waals surface area contributed by atoms with Crippen LogP contribution in [0.1, 0.15) is 36.2 Å². The topological polar surface area (TPSA) is 61.6 Å². The summed E-state index contributed by atoms with van der Waals surface area (Å²) >= 11 is 0. The van der Waals surface area contributed by atoms with Crippen molar-refractivity contribution >= 4 is 11.7 Å². The molecule has 20 heavy (non-hydrogen) atoms. The van der Waals surface area contributed by atoms with Crippen LogP contribution in [0.2, 0.25) is 0 Å². The molecule has 4 nitrogen and oxygen atoms in total. The van der Waals surface area contributed by atoms with Gasteiger partial charge in [0.15, 0.2) is 0 Å². The number of anilines is 1. The van der Waals surface area contributed by atoms with Crippen LogP contribution < -0.4 is 5.73 Å². The Morgan fingerprint density at radius 3 is 2.60 bits per heavy atom. The zero-order valence-corrected chi connectivity index (χ0v) is 12.2. The number of ether oxygens (including phenoxy) is 2. The van der Waals surface area contributed by atoms with Crippen molar-refractivity contribution in [2.45, 2.75) is 27.2 Å². The van der Waals surface area contributed by atoms with Crippen LogP contribution in [0.5, 0.6) is 0 Å². The number of hydrogen-bond acceptors (Lipinski definition) is 4. The molecule has 5 heteroatoms. The van der Waals surface area contributed by atoms with Gasteiger partial charge >= 0.3 is 5.97 Å². The predicted octanol–water partition coefficient (Wildman–Crippen LogP) is 2.94. The third kappa shape index (κ3) is 5.17. The van der Waals surface area contributed by atoms with Gasteiger partial charge < -0.3 is 15.2 Å². The average molecular weight is 283 g/mol. The quantitative estimate of drug-likeness (QED) is 0.475. The molecule has 0 aliphatic rings. The van der Waals surface area contributed by atoms with E-state index in [0.717, 1.165) is 12.5 Å². The lowest BCUT2D eigenvalue weighted by Crippen LogP contribution is -2.12. The van der Waals surface area contributed by atoms with Gasteiger partial charge in [0.1, 0.15) is 12.4 Å². The second kappa shape index (κ2) is 7.85.